The van der Waals surface area contributed by atoms with Crippen LogP contribution in [-0.4, -0.2) is 55.6 Å². The first-order chi connectivity index (χ1) is 15.8. The van der Waals surface area contributed by atoms with Crippen LogP contribution in [0.15, 0.2) is 54.6 Å². The molecule has 0 radical (unpaired) electrons. The molecule has 4 amide bonds. The predicted molar refractivity (Wildman–Crippen MR) is 122 cm³/mol. The number of rotatable bonds is 11. The quantitative estimate of drug-likeness (QED) is 0.302. The highest BCUT2D eigenvalue weighted by Crippen LogP contribution is 2.08. The Morgan fingerprint density at radius 1 is 0.818 bits per heavy atom. The van der Waals surface area contributed by atoms with Gasteiger partial charge in [0.25, 0.3) is 11.8 Å². The summed E-state index contributed by atoms with van der Waals surface area (Å²) in [7, 11) is 1.79. The fourth-order valence-corrected chi connectivity index (χ4v) is 2.68. The first-order valence-electron chi connectivity index (χ1n) is 10.3. The van der Waals surface area contributed by atoms with E-state index in [4.69, 9.17) is 0 Å². The summed E-state index contributed by atoms with van der Waals surface area (Å²) in [5.41, 5.74) is 2.14. The molecule has 10 nitrogen and oxygen atoms in total. The van der Waals surface area contributed by atoms with E-state index in [1.54, 1.807) is 37.4 Å². The molecular weight excluding hydrogens is 426 g/mol. The lowest BCUT2D eigenvalue weighted by Crippen LogP contribution is -2.49. The zero-order chi connectivity index (χ0) is 24.2. The molecule has 0 saturated heterocycles. The molecule has 2 aromatic carbocycles. The summed E-state index contributed by atoms with van der Waals surface area (Å²) in [6.07, 6.45) is 0. The first kappa shape index (κ1) is 25.1. The van der Waals surface area contributed by atoms with Gasteiger partial charge in [0.05, 0.1) is 13.1 Å². The van der Waals surface area contributed by atoms with Gasteiger partial charge in [-0.1, -0.05) is 30.3 Å². The third kappa shape index (κ3) is 8.44. The average molecular weight is 453 g/mol. The van der Waals surface area contributed by atoms with Gasteiger partial charge in [-0.2, -0.15) is 0 Å². The normalized spacial score (nSPS) is 11.0. The number of hydrogen-bond acceptors (Lipinski definition) is 6. The maximum Gasteiger partial charge on any atom is 0.289 e. The van der Waals surface area contributed by atoms with Crippen LogP contribution in [0.25, 0.3) is 0 Å². The SMILES string of the molecule is CNc1ccc(CNC(=O)C(=O)CNC(=O)[C@H](C)NC(=O)CNC(=O)c2ccccc2)cc1. The molecule has 0 saturated carbocycles. The minimum atomic E-state index is -0.965. The van der Waals surface area contributed by atoms with Crippen LogP contribution >= 0.6 is 0 Å². The number of Topliss-reactive ketones (excluding diaryl/α,β-unsaturated/α-hetero) is 1. The number of hydrogen-bond donors (Lipinski definition) is 5. The van der Waals surface area contributed by atoms with Crippen molar-refractivity contribution in [3.63, 3.8) is 0 Å². The summed E-state index contributed by atoms with van der Waals surface area (Å²) in [6.45, 7) is 0.769. The van der Waals surface area contributed by atoms with Crippen molar-refractivity contribution in [3.05, 3.63) is 65.7 Å². The van der Waals surface area contributed by atoms with Crippen LogP contribution in [0.4, 0.5) is 5.69 Å². The van der Waals surface area contributed by atoms with E-state index in [0.29, 0.717) is 5.56 Å². The van der Waals surface area contributed by atoms with Crippen LogP contribution in [-0.2, 0) is 25.7 Å². The van der Waals surface area contributed by atoms with Crippen LogP contribution in [0.2, 0.25) is 0 Å². The van der Waals surface area contributed by atoms with E-state index in [9.17, 15) is 24.0 Å². The Morgan fingerprint density at radius 2 is 1.48 bits per heavy atom. The number of anilines is 1. The molecule has 174 valence electrons. The Bertz CT molecular complexity index is 992. The minimum absolute atomic E-state index is 0.170. The second-order valence-electron chi connectivity index (χ2n) is 7.11. The molecule has 0 spiro atoms. The van der Waals surface area contributed by atoms with E-state index in [1.165, 1.54) is 6.92 Å². The molecule has 0 aliphatic carbocycles. The van der Waals surface area contributed by atoms with Crippen LogP contribution in [0.3, 0.4) is 0 Å². The smallest absolute Gasteiger partial charge is 0.289 e. The zero-order valence-electron chi connectivity index (χ0n) is 18.4. The summed E-state index contributed by atoms with van der Waals surface area (Å²) in [4.78, 5) is 59.9. The van der Waals surface area contributed by atoms with E-state index in [1.807, 2.05) is 24.3 Å². The minimum Gasteiger partial charge on any atom is -0.388 e. The fourth-order valence-electron chi connectivity index (χ4n) is 2.68. The summed E-state index contributed by atoms with van der Waals surface area (Å²) < 4.78 is 0. The molecule has 1 atom stereocenters. The largest absolute Gasteiger partial charge is 0.388 e. The lowest BCUT2D eigenvalue weighted by atomic mass is 10.2. The van der Waals surface area contributed by atoms with Gasteiger partial charge in [-0.3, -0.25) is 24.0 Å². The Labute approximate surface area is 191 Å². The molecule has 2 rings (SSSR count). The summed E-state index contributed by atoms with van der Waals surface area (Å²) in [6, 6.07) is 14.7. The average Bonchev–Trinajstić information content (AvgIpc) is 2.84. The molecule has 0 aliphatic rings. The highest BCUT2D eigenvalue weighted by molar-refractivity contribution is 6.37. The lowest BCUT2D eigenvalue weighted by Gasteiger charge is -2.14. The third-order valence-corrected chi connectivity index (χ3v) is 4.59. The van der Waals surface area contributed by atoms with Crippen LogP contribution in [0, 0.1) is 0 Å². The van der Waals surface area contributed by atoms with E-state index < -0.39 is 42.0 Å². The standard InChI is InChI=1S/C23H27N5O5/c1-15(28-20(30)14-27-22(32)17-6-4-3-5-7-17)21(31)26-13-19(29)23(33)25-12-16-8-10-18(24-2)11-9-16/h3-11,15,24H,12-14H2,1-2H3,(H,25,33)(H,26,31)(H,27,32)(H,28,30)/t15-/m0/s1. The van der Waals surface area contributed by atoms with Crippen LogP contribution in [0.1, 0.15) is 22.8 Å². The van der Waals surface area contributed by atoms with Crippen molar-refractivity contribution in [2.45, 2.75) is 19.5 Å². The van der Waals surface area contributed by atoms with Gasteiger partial charge in [0.15, 0.2) is 0 Å². The molecule has 10 heteroatoms. The molecule has 2 aromatic rings. The van der Waals surface area contributed by atoms with Gasteiger partial charge in [-0.15, -0.1) is 0 Å². The van der Waals surface area contributed by atoms with Crippen molar-refractivity contribution < 1.29 is 24.0 Å². The Hall–Kier alpha value is -4.21. The van der Waals surface area contributed by atoms with Gasteiger partial charge >= 0.3 is 0 Å². The van der Waals surface area contributed by atoms with Crippen molar-refractivity contribution >= 4 is 35.1 Å². The van der Waals surface area contributed by atoms with Gasteiger partial charge in [-0.25, -0.2) is 0 Å². The van der Waals surface area contributed by atoms with Gasteiger partial charge in [-0.05, 0) is 36.8 Å². The maximum absolute atomic E-state index is 12.1. The topological polar surface area (TPSA) is 145 Å². The van der Waals surface area contributed by atoms with Crippen molar-refractivity contribution in [3.8, 4) is 0 Å². The Balaban J connectivity index is 1.68. The van der Waals surface area contributed by atoms with Crippen molar-refractivity contribution in [2.24, 2.45) is 0 Å². The lowest BCUT2D eigenvalue weighted by molar-refractivity contribution is -0.138. The number of amides is 4. The van der Waals surface area contributed by atoms with Gasteiger partial charge < -0.3 is 26.6 Å². The second-order valence-corrected chi connectivity index (χ2v) is 7.11. The molecule has 0 aromatic heterocycles. The van der Waals surface area contributed by atoms with Crippen molar-refractivity contribution in [1.82, 2.24) is 21.3 Å². The van der Waals surface area contributed by atoms with Gasteiger partial charge in [0.1, 0.15) is 6.04 Å². The highest BCUT2D eigenvalue weighted by Gasteiger charge is 2.19. The number of carbonyl (C=O) groups is 5. The van der Waals surface area contributed by atoms with Crippen molar-refractivity contribution in [2.75, 3.05) is 25.5 Å². The molecular formula is C23H27N5O5. The van der Waals surface area contributed by atoms with Crippen LogP contribution < -0.4 is 26.6 Å². The molecule has 0 heterocycles. The van der Waals surface area contributed by atoms with Crippen molar-refractivity contribution in [1.29, 1.82) is 0 Å². The van der Waals surface area contributed by atoms with Gasteiger partial charge in [0.2, 0.25) is 17.6 Å². The molecule has 33 heavy (non-hydrogen) atoms. The van der Waals surface area contributed by atoms with E-state index in [2.05, 4.69) is 26.6 Å². The number of carbonyl (C=O) groups excluding carboxylic acids is 5. The fraction of sp³-hybridized carbons (Fsp3) is 0.261. The Kier molecular flexibility index (Phi) is 9.56. The summed E-state index contributed by atoms with van der Waals surface area (Å²) in [5, 5.41) is 12.6. The second kappa shape index (κ2) is 12.6. The molecule has 0 fully saturated rings. The molecule has 0 aliphatic heterocycles. The monoisotopic (exact) mass is 453 g/mol. The number of nitrogens with one attached hydrogen (secondary N) is 5. The summed E-state index contributed by atoms with van der Waals surface area (Å²) >= 11 is 0. The highest BCUT2D eigenvalue weighted by atomic mass is 16.2. The number of benzene rings is 2. The van der Waals surface area contributed by atoms with Crippen LogP contribution in [0.5, 0.6) is 0 Å². The molecule has 5 N–H and O–H groups in total. The number of ketones is 1. The molecule has 0 unspecified atom stereocenters. The Morgan fingerprint density at radius 3 is 2.12 bits per heavy atom. The predicted octanol–water partition coefficient (Wildman–Crippen LogP) is -0.0355. The zero-order valence-corrected chi connectivity index (χ0v) is 18.4. The molecule has 0 bridgehead atoms. The van der Waals surface area contributed by atoms with E-state index >= 15 is 0 Å². The maximum atomic E-state index is 12.1. The van der Waals surface area contributed by atoms with E-state index in [0.717, 1.165) is 11.3 Å². The van der Waals surface area contributed by atoms with Gasteiger partial charge in [0, 0.05) is 24.8 Å². The third-order valence-electron chi connectivity index (χ3n) is 4.59. The first-order valence-corrected chi connectivity index (χ1v) is 10.3. The summed E-state index contributed by atoms with van der Waals surface area (Å²) in [5.74, 6) is -3.27. The van der Waals surface area contributed by atoms with E-state index in [-0.39, 0.29) is 13.1 Å².